The molecular weight excluding hydrogens is 196 g/mol. The van der Waals surface area contributed by atoms with E-state index in [2.05, 4.69) is 21.6 Å². The van der Waals surface area contributed by atoms with E-state index in [9.17, 15) is 0 Å². The third kappa shape index (κ3) is 2.63. The van der Waals surface area contributed by atoms with Crippen LogP contribution in [0.5, 0.6) is 0 Å². The van der Waals surface area contributed by atoms with Gasteiger partial charge in [-0.25, -0.2) is 0 Å². The zero-order valence-corrected chi connectivity index (χ0v) is 9.51. The summed E-state index contributed by atoms with van der Waals surface area (Å²) in [6.07, 6.45) is 1.38. The second-order valence-corrected chi connectivity index (χ2v) is 5.27. The Bertz CT molecular complexity index is 166. The van der Waals surface area contributed by atoms with Gasteiger partial charge in [-0.2, -0.15) is 11.8 Å². The van der Waals surface area contributed by atoms with E-state index in [1.807, 2.05) is 0 Å². The maximum atomic E-state index is 8.84. The summed E-state index contributed by atoms with van der Waals surface area (Å²) < 4.78 is 0. The fourth-order valence-corrected chi connectivity index (χ4v) is 3.56. The Hall–Kier alpha value is 0.230. The molecule has 2 heterocycles. The standard InChI is InChI=1S/C10H20N2OS/c13-7-6-11-2-4-12(5-3-11)10-1-8-14-9-10/h10,13H,1-9H2. The Morgan fingerprint density at radius 3 is 2.57 bits per heavy atom. The lowest BCUT2D eigenvalue weighted by Crippen LogP contribution is -2.50. The minimum atomic E-state index is 0.305. The van der Waals surface area contributed by atoms with Crippen LogP contribution in [-0.4, -0.2) is 71.8 Å². The molecule has 0 amide bonds. The summed E-state index contributed by atoms with van der Waals surface area (Å²) in [5.41, 5.74) is 0. The maximum absolute atomic E-state index is 8.84. The van der Waals surface area contributed by atoms with Crippen molar-refractivity contribution in [1.29, 1.82) is 0 Å². The van der Waals surface area contributed by atoms with Crippen molar-refractivity contribution in [3.63, 3.8) is 0 Å². The average Bonchev–Trinajstić information content (AvgIpc) is 2.72. The van der Waals surface area contributed by atoms with Gasteiger partial charge in [0.25, 0.3) is 0 Å². The van der Waals surface area contributed by atoms with Crippen LogP contribution >= 0.6 is 11.8 Å². The molecule has 82 valence electrons. The average molecular weight is 216 g/mol. The Kier molecular flexibility index (Phi) is 4.10. The third-order valence-corrected chi connectivity index (χ3v) is 4.39. The number of nitrogens with zero attached hydrogens (tertiary/aromatic N) is 2. The Balaban J connectivity index is 1.72. The van der Waals surface area contributed by atoms with E-state index in [1.54, 1.807) is 0 Å². The van der Waals surface area contributed by atoms with Crippen LogP contribution in [0.15, 0.2) is 0 Å². The summed E-state index contributed by atoms with van der Waals surface area (Å²) in [5.74, 6) is 2.68. The number of thioether (sulfide) groups is 1. The molecule has 1 unspecified atom stereocenters. The van der Waals surface area contributed by atoms with Crippen molar-refractivity contribution in [3.8, 4) is 0 Å². The van der Waals surface area contributed by atoms with Gasteiger partial charge in [-0.15, -0.1) is 0 Å². The first kappa shape index (κ1) is 10.7. The van der Waals surface area contributed by atoms with Crippen LogP contribution in [-0.2, 0) is 0 Å². The van der Waals surface area contributed by atoms with Crippen LogP contribution < -0.4 is 0 Å². The minimum Gasteiger partial charge on any atom is -0.395 e. The quantitative estimate of drug-likeness (QED) is 0.724. The van der Waals surface area contributed by atoms with E-state index >= 15 is 0 Å². The van der Waals surface area contributed by atoms with Crippen LogP contribution in [0.3, 0.4) is 0 Å². The van der Waals surface area contributed by atoms with E-state index < -0.39 is 0 Å². The fourth-order valence-electron chi connectivity index (χ4n) is 2.30. The van der Waals surface area contributed by atoms with E-state index in [0.717, 1.165) is 25.7 Å². The zero-order valence-electron chi connectivity index (χ0n) is 8.69. The highest BCUT2D eigenvalue weighted by Gasteiger charge is 2.25. The van der Waals surface area contributed by atoms with Gasteiger partial charge >= 0.3 is 0 Å². The smallest absolute Gasteiger partial charge is 0.0558 e. The van der Waals surface area contributed by atoms with Crippen LogP contribution in [0.1, 0.15) is 6.42 Å². The van der Waals surface area contributed by atoms with E-state index in [-0.39, 0.29) is 0 Å². The Labute approximate surface area is 90.4 Å². The topological polar surface area (TPSA) is 26.7 Å². The molecular formula is C10H20N2OS. The highest BCUT2D eigenvalue weighted by molar-refractivity contribution is 7.99. The number of hydrogen-bond donors (Lipinski definition) is 1. The molecule has 0 spiro atoms. The van der Waals surface area contributed by atoms with Crippen LogP contribution in [0.25, 0.3) is 0 Å². The molecule has 2 saturated heterocycles. The highest BCUT2D eigenvalue weighted by Crippen LogP contribution is 2.23. The van der Waals surface area contributed by atoms with Crippen molar-refractivity contribution in [1.82, 2.24) is 9.80 Å². The van der Waals surface area contributed by atoms with Gasteiger partial charge in [-0.3, -0.25) is 9.80 Å². The highest BCUT2D eigenvalue weighted by atomic mass is 32.2. The van der Waals surface area contributed by atoms with E-state index in [4.69, 9.17) is 5.11 Å². The third-order valence-electron chi connectivity index (χ3n) is 3.25. The van der Waals surface area contributed by atoms with Gasteiger partial charge in [0.05, 0.1) is 6.61 Å². The van der Waals surface area contributed by atoms with Gasteiger partial charge in [-0.05, 0) is 12.2 Å². The monoisotopic (exact) mass is 216 g/mol. The molecule has 14 heavy (non-hydrogen) atoms. The maximum Gasteiger partial charge on any atom is 0.0558 e. The molecule has 2 rings (SSSR count). The molecule has 0 aromatic heterocycles. The van der Waals surface area contributed by atoms with Gasteiger partial charge in [0.15, 0.2) is 0 Å². The minimum absolute atomic E-state index is 0.305. The van der Waals surface area contributed by atoms with Gasteiger partial charge in [0.2, 0.25) is 0 Å². The molecule has 0 radical (unpaired) electrons. The number of piperazine rings is 1. The molecule has 0 aromatic rings. The number of rotatable bonds is 3. The first-order valence-corrected chi connectivity index (χ1v) is 6.70. The summed E-state index contributed by atoms with van der Waals surface area (Å²) in [5, 5.41) is 8.84. The zero-order chi connectivity index (χ0) is 9.80. The number of aliphatic hydroxyl groups is 1. The predicted octanol–water partition coefficient (Wildman–Crippen LogP) is 0.102. The molecule has 3 nitrogen and oxygen atoms in total. The largest absolute Gasteiger partial charge is 0.395 e. The summed E-state index contributed by atoms with van der Waals surface area (Å²) in [6, 6.07) is 0.844. The van der Waals surface area contributed by atoms with Crippen LogP contribution in [0, 0.1) is 0 Å². The molecule has 0 aliphatic carbocycles. The number of aliphatic hydroxyl groups excluding tert-OH is 1. The van der Waals surface area contributed by atoms with Crippen molar-refractivity contribution in [2.45, 2.75) is 12.5 Å². The lowest BCUT2D eigenvalue weighted by Gasteiger charge is -2.37. The second kappa shape index (κ2) is 5.35. The summed E-state index contributed by atoms with van der Waals surface area (Å²) in [4.78, 5) is 4.99. The molecule has 1 atom stereocenters. The van der Waals surface area contributed by atoms with Gasteiger partial charge in [0, 0.05) is 44.5 Å². The number of β-amino-alcohol motifs (C(OH)–C–C–N with tert-alkyl or cyclic N) is 1. The summed E-state index contributed by atoms with van der Waals surface area (Å²) in [6.45, 7) is 5.84. The fraction of sp³-hybridized carbons (Fsp3) is 1.00. The Morgan fingerprint density at radius 2 is 2.00 bits per heavy atom. The molecule has 0 saturated carbocycles. The van der Waals surface area contributed by atoms with Gasteiger partial charge in [-0.1, -0.05) is 0 Å². The van der Waals surface area contributed by atoms with Gasteiger partial charge in [0.1, 0.15) is 0 Å². The molecule has 0 bridgehead atoms. The van der Waals surface area contributed by atoms with Crippen molar-refractivity contribution in [2.75, 3.05) is 50.8 Å². The second-order valence-electron chi connectivity index (χ2n) is 4.12. The predicted molar refractivity (Wildman–Crippen MR) is 60.8 cm³/mol. The lowest BCUT2D eigenvalue weighted by atomic mass is 10.2. The molecule has 1 N–H and O–H groups in total. The SMILES string of the molecule is OCCN1CCN(C2CCSC2)CC1. The lowest BCUT2D eigenvalue weighted by molar-refractivity contribution is 0.0909. The molecule has 2 fully saturated rings. The van der Waals surface area contributed by atoms with Crippen molar-refractivity contribution in [2.24, 2.45) is 0 Å². The molecule has 2 aliphatic rings. The van der Waals surface area contributed by atoms with Gasteiger partial charge < -0.3 is 5.11 Å². The van der Waals surface area contributed by atoms with Crippen molar-refractivity contribution >= 4 is 11.8 Å². The Morgan fingerprint density at radius 1 is 1.21 bits per heavy atom. The summed E-state index contributed by atoms with van der Waals surface area (Å²) in [7, 11) is 0. The van der Waals surface area contributed by atoms with Crippen molar-refractivity contribution in [3.05, 3.63) is 0 Å². The number of hydrogen-bond acceptors (Lipinski definition) is 4. The van der Waals surface area contributed by atoms with Crippen LogP contribution in [0.2, 0.25) is 0 Å². The molecule has 0 aromatic carbocycles. The first-order chi connectivity index (χ1) is 6.90. The summed E-state index contributed by atoms with van der Waals surface area (Å²) >= 11 is 2.09. The van der Waals surface area contributed by atoms with E-state index in [1.165, 1.54) is 31.0 Å². The normalized spacial score (nSPS) is 31.1. The van der Waals surface area contributed by atoms with E-state index in [0.29, 0.717) is 6.61 Å². The van der Waals surface area contributed by atoms with Crippen LogP contribution in [0.4, 0.5) is 0 Å². The van der Waals surface area contributed by atoms with Crippen molar-refractivity contribution < 1.29 is 5.11 Å². The first-order valence-electron chi connectivity index (χ1n) is 5.55. The molecule has 4 heteroatoms. The molecule has 2 aliphatic heterocycles.